The van der Waals surface area contributed by atoms with Crippen molar-refractivity contribution in [2.75, 3.05) is 26.2 Å². The van der Waals surface area contributed by atoms with Gasteiger partial charge in [-0.05, 0) is 51.0 Å². The van der Waals surface area contributed by atoms with Crippen LogP contribution >= 0.6 is 0 Å². The Kier molecular flexibility index (Phi) is 6.03. The van der Waals surface area contributed by atoms with Crippen molar-refractivity contribution in [1.82, 2.24) is 9.80 Å². The van der Waals surface area contributed by atoms with Gasteiger partial charge in [-0.3, -0.25) is 14.5 Å². The minimum absolute atomic E-state index is 0.201. The molecule has 0 bridgehead atoms. The van der Waals surface area contributed by atoms with Gasteiger partial charge in [0.1, 0.15) is 0 Å². The van der Waals surface area contributed by atoms with E-state index in [-0.39, 0.29) is 18.2 Å². The van der Waals surface area contributed by atoms with Crippen molar-refractivity contribution in [1.29, 1.82) is 0 Å². The quantitative estimate of drug-likeness (QED) is 0.842. The number of carbonyl (C=O) groups excluding carboxylic acids is 1. The molecule has 0 spiro atoms. The van der Waals surface area contributed by atoms with Crippen LogP contribution in [0.1, 0.15) is 51.9 Å². The second-order valence-corrected chi connectivity index (χ2v) is 6.49. The predicted octanol–water partition coefficient (Wildman–Crippen LogP) is 1.96. The summed E-state index contributed by atoms with van der Waals surface area (Å²) in [5.74, 6) is -0.292. The van der Waals surface area contributed by atoms with Crippen molar-refractivity contribution in [3.8, 4) is 0 Å². The summed E-state index contributed by atoms with van der Waals surface area (Å²) in [7, 11) is 0. The lowest BCUT2D eigenvalue weighted by Gasteiger charge is -2.38. The molecule has 2 unspecified atom stereocenters. The average molecular weight is 296 g/mol. The van der Waals surface area contributed by atoms with Crippen molar-refractivity contribution in [2.24, 2.45) is 5.92 Å². The highest BCUT2D eigenvalue weighted by molar-refractivity contribution is 5.78. The number of likely N-dealkylation sites (tertiary alicyclic amines) is 2. The second kappa shape index (κ2) is 7.78. The maximum atomic E-state index is 12.5. The first kappa shape index (κ1) is 16.3. The van der Waals surface area contributed by atoms with Gasteiger partial charge in [-0.1, -0.05) is 6.92 Å². The van der Waals surface area contributed by atoms with Crippen molar-refractivity contribution in [2.45, 2.75) is 57.9 Å². The van der Waals surface area contributed by atoms with Gasteiger partial charge in [0.25, 0.3) is 0 Å². The van der Waals surface area contributed by atoms with Gasteiger partial charge in [-0.2, -0.15) is 0 Å². The topological polar surface area (TPSA) is 60.9 Å². The van der Waals surface area contributed by atoms with Gasteiger partial charge < -0.3 is 10.0 Å². The SMILES string of the molecule is CCC1CCCCN1C(=O)CN1CCCC(CC(=O)O)C1. The molecule has 0 aromatic carbocycles. The van der Waals surface area contributed by atoms with Gasteiger partial charge in [-0.25, -0.2) is 0 Å². The van der Waals surface area contributed by atoms with Crippen LogP contribution in [0.15, 0.2) is 0 Å². The van der Waals surface area contributed by atoms with Gasteiger partial charge in [0.05, 0.1) is 6.54 Å². The molecule has 0 radical (unpaired) electrons. The smallest absolute Gasteiger partial charge is 0.303 e. The first-order chi connectivity index (χ1) is 10.1. The van der Waals surface area contributed by atoms with Crippen LogP contribution in [-0.2, 0) is 9.59 Å². The molecular weight excluding hydrogens is 268 g/mol. The van der Waals surface area contributed by atoms with E-state index in [4.69, 9.17) is 5.11 Å². The summed E-state index contributed by atoms with van der Waals surface area (Å²) in [5.41, 5.74) is 0. The molecular formula is C16H28N2O3. The van der Waals surface area contributed by atoms with Gasteiger partial charge in [0, 0.05) is 25.6 Å². The molecule has 1 amide bonds. The molecule has 2 aliphatic heterocycles. The summed E-state index contributed by atoms with van der Waals surface area (Å²) >= 11 is 0. The Labute approximate surface area is 127 Å². The highest BCUT2D eigenvalue weighted by atomic mass is 16.4. The van der Waals surface area contributed by atoms with Gasteiger partial charge in [0.15, 0.2) is 0 Å². The molecule has 2 atom stereocenters. The lowest BCUT2D eigenvalue weighted by atomic mass is 9.94. The fourth-order valence-corrected chi connectivity index (χ4v) is 3.74. The van der Waals surface area contributed by atoms with E-state index < -0.39 is 5.97 Å². The Balaban J connectivity index is 1.85. The summed E-state index contributed by atoms with van der Waals surface area (Å²) in [6.45, 7) is 5.19. The zero-order chi connectivity index (χ0) is 15.2. The summed E-state index contributed by atoms with van der Waals surface area (Å²) in [6.07, 6.45) is 6.71. The van der Waals surface area contributed by atoms with Gasteiger partial charge in [0.2, 0.25) is 5.91 Å². The highest BCUT2D eigenvalue weighted by Gasteiger charge is 2.28. The fraction of sp³-hybridized carbons (Fsp3) is 0.875. The summed E-state index contributed by atoms with van der Waals surface area (Å²) < 4.78 is 0. The number of carboxylic acid groups (broad SMARTS) is 1. The summed E-state index contributed by atoms with van der Waals surface area (Å²) in [5, 5.41) is 8.91. The average Bonchev–Trinajstić information content (AvgIpc) is 2.46. The van der Waals surface area contributed by atoms with Gasteiger partial charge >= 0.3 is 5.97 Å². The van der Waals surface area contributed by atoms with E-state index in [0.717, 1.165) is 51.7 Å². The van der Waals surface area contributed by atoms with Crippen LogP contribution in [0.4, 0.5) is 0 Å². The molecule has 0 saturated carbocycles. The van der Waals surface area contributed by atoms with Crippen LogP contribution in [0.5, 0.6) is 0 Å². The second-order valence-electron chi connectivity index (χ2n) is 6.49. The Morgan fingerprint density at radius 2 is 1.95 bits per heavy atom. The number of hydrogen-bond donors (Lipinski definition) is 1. The number of nitrogens with zero attached hydrogens (tertiary/aromatic N) is 2. The maximum Gasteiger partial charge on any atom is 0.303 e. The molecule has 120 valence electrons. The number of aliphatic carboxylic acids is 1. The number of hydrogen-bond acceptors (Lipinski definition) is 3. The standard InChI is InChI=1S/C16H28N2O3/c1-2-14-7-3-4-9-18(14)15(19)12-17-8-5-6-13(11-17)10-16(20)21/h13-14H,2-12H2,1H3,(H,20,21). The largest absolute Gasteiger partial charge is 0.481 e. The van der Waals surface area contributed by atoms with E-state index in [1.807, 2.05) is 0 Å². The zero-order valence-corrected chi connectivity index (χ0v) is 13.1. The third kappa shape index (κ3) is 4.70. The minimum atomic E-state index is -0.727. The zero-order valence-electron chi connectivity index (χ0n) is 13.1. The molecule has 0 aliphatic carbocycles. The van der Waals surface area contributed by atoms with Crippen LogP contribution < -0.4 is 0 Å². The van der Waals surface area contributed by atoms with Crippen molar-refractivity contribution < 1.29 is 14.7 Å². The molecule has 21 heavy (non-hydrogen) atoms. The van der Waals surface area contributed by atoms with Crippen molar-refractivity contribution >= 4 is 11.9 Å². The molecule has 0 aromatic heterocycles. The van der Waals surface area contributed by atoms with Crippen molar-refractivity contribution in [3.63, 3.8) is 0 Å². The number of piperidine rings is 2. The van der Waals surface area contributed by atoms with E-state index >= 15 is 0 Å². The van der Waals surface area contributed by atoms with Crippen molar-refractivity contribution in [3.05, 3.63) is 0 Å². The van der Waals surface area contributed by atoms with Crippen LogP contribution in [-0.4, -0.2) is 59.0 Å². The third-order valence-corrected chi connectivity index (χ3v) is 4.84. The van der Waals surface area contributed by atoms with E-state index in [1.54, 1.807) is 0 Å². The van der Waals surface area contributed by atoms with Crippen LogP contribution in [0, 0.1) is 5.92 Å². The lowest BCUT2D eigenvalue weighted by Crippen LogP contribution is -2.49. The van der Waals surface area contributed by atoms with E-state index in [1.165, 1.54) is 6.42 Å². The number of carbonyl (C=O) groups is 2. The molecule has 2 aliphatic rings. The van der Waals surface area contributed by atoms with Crippen LogP contribution in [0.3, 0.4) is 0 Å². The fourth-order valence-electron chi connectivity index (χ4n) is 3.74. The van der Waals surface area contributed by atoms with E-state index in [9.17, 15) is 9.59 Å². The first-order valence-electron chi connectivity index (χ1n) is 8.33. The molecule has 2 saturated heterocycles. The predicted molar refractivity (Wildman–Crippen MR) is 81.1 cm³/mol. The Hall–Kier alpha value is -1.10. The van der Waals surface area contributed by atoms with E-state index in [0.29, 0.717) is 12.6 Å². The number of carboxylic acids is 1. The number of rotatable bonds is 5. The minimum Gasteiger partial charge on any atom is -0.481 e. The van der Waals surface area contributed by atoms with E-state index in [2.05, 4.69) is 16.7 Å². The first-order valence-corrected chi connectivity index (χ1v) is 8.33. The molecule has 2 heterocycles. The molecule has 0 aromatic rings. The molecule has 2 rings (SSSR count). The Bertz CT molecular complexity index is 373. The molecule has 5 nitrogen and oxygen atoms in total. The monoisotopic (exact) mass is 296 g/mol. The number of amides is 1. The van der Waals surface area contributed by atoms with Crippen LogP contribution in [0.25, 0.3) is 0 Å². The van der Waals surface area contributed by atoms with Crippen LogP contribution in [0.2, 0.25) is 0 Å². The Morgan fingerprint density at radius 1 is 1.14 bits per heavy atom. The Morgan fingerprint density at radius 3 is 2.67 bits per heavy atom. The molecule has 5 heteroatoms. The normalized spacial score (nSPS) is 27.6. The molecule has 1 N–H and O–H groups in total. The lowest BCUT2D eigenvalue weighted by molar-refractivity contribution is -0.138. The summed E-state index contributed by atoms with van der Waals surface area (Å²) in [6, 6.07) is 0.408. The maximum absolute atomic E-state index is 12.5. The highest BCUT2D eigenvalue weighted by Crippen LogP contribution is 2.22. The molecule has 2 fully saturated rings. The van der Waals surface area contributed by atoms with Gasteiger partial charge in [-0.15, -0.1) is 0 Å². The third-order valence-electron chi connectivity index (χ3n) is 4.84. The summed E-state index contributed by atoms with van der Waals surface area (Å²) in [4.78, 5) is 27.6.